The van der Waals surface area contributed by atoms with Gasteiger partial charge in [-0.15, -0.1) is 11.8 Å². The third-order valence-corrected chi connectivity index (χ3v) is 2.39. The fourth-order valence-electron chi connectivity index (χ4n) is 1.57. The largest absolute Gasteiger partial charge is 0.298 e. The fraction of sp³-hybridized carbons (Fsp3) is 0.769. The van der Waals surface area contributed by atoms with Gasteiger partial charge in [-0.25, -0.2) is 0 Å². The van der Waals surface area contributed by atoms with Crippen LogP contribution in [0.3, 0.4) is 0 Å². The van der Waals surface area contributed by atoms with Crippen LogP contribution in [0.15, 0.2) is 0 Å². The number of Topliss-reactive ketones (excluding diaryl/α,β-unsaturated/α-hetero) is 1. The third kappa shape index (κ3) is 6.30. The van der Waals surface area contributed by atoms with E-state index in [0.717, 1.165) is 0 Å². The molecule has 0 rings (SSSR count). The molecule has 0 radical (unpaired) electrons. The van der Waals surface area contributed by atoms with Crippen LogP contribution in [0.25, 0.3) is 0 Å². The van der Waals surface area contributed by atoms with Crippen molar-refractivity contribution in [3.8, 4) is 11.8 Å². The van der Waals surface area contributed by atoms with Gasteiger partial charge in [0.25, 0.3) is 0 Å². The first-order valence-corrected chi connectivity index (χ1v) is 5.66. The van der Waals surface area contributed by atoms with E-state index in [1.54, 1.807) is 6.92 Å². The van der Waals surface area contributed by atoms with Gasteiger partial charge in [0, 0.05) is 24.9 Å². The van der Waals surface area contributed by atoms with E-state index in [4.69, 9.17) is 0 Å². The summed E-state index contributed by atoms with van der Waals surface area (Å²) in [6.45, 7) is 10.9. The van der Waals surface area contributed by atoms with E-state index in [-0.39, 0.29) is 0 Å². The highest BCUT2D eigenvalue weighted by molar-refractivity contribution is 5.80. The standard InChI is InChI=1S/C13H23NO/c1-6-7-8-9-13(15)10-14(11(2)3)12(4)5/h11-12H,8-10H2,1-5H3. The van der Waals surface area contributed by atoms with Gasteiger partial charge in [-0.2, -0.15) is 0 Å². The van der Waals surface area contributed by atoms with E-state index < -0.39 is 0 Å². The van der Waals surface area contributed by atoms with Crippen LogP contribution < -0.4 is 0 Å². The summed E-state index contributed by atoms with van der Waals surface area (Å²) in [6.07, 6.45) is 1.27. The summed E-state index contributed by atoms with van der Waals surface area (Å²) in [4.78, 5) is 13.8. The highest BCUT2D eigenvalue weighted by Gasteiger charge is 2.16. The summed E-state index contributed by atoms with van der Waals surface area (Å²) in [6, 6.07) is 0.845. The molecular formula is C13H23NO. The molecule has 0 aliphatic rings. The summed E-state index contributed by atoms with van der Waals surface area (Å²) in [5, 5.41) is 0. The topological polar surface area (TPSA) is 20.3 Å². The van der Waals surface area contributed by atoms with Crippen molar-refractivity contribution in [3.05, 3.63) is 0 Å². The Kier molecular flexibility index (Phi) is 7.07. The monoisotopic (exact) mass is 209 g/mol. The van der Waals surface area contributed by atoms with E-state index >= 15 is 0 Å². The van der Waals surface area contributed by atoms with Crippen molar-refractivity contribution in [2.75, 3.05) is 6.54 Å². The fourth-order valence-corrected chi connectivity index (χ4v) is 1.57. The number of nitrogens with zero attached hydrogens (tertiary/aromatic N) is 1. The molecule has 0 amide bonds. The SMILES string of the molecule is CC#CCCC(=O)CN(C(C)C)C(C)C. The summed E-state index contributed by atoms with van der Waals surface area (Å²) in [5.74, 6) is 6.02. The Hall–Kier alpha value is -0.810. The highest BCUT2D eigenvalue weighted by atomic mass is 16.1. The molecule has 0 aromatic carbocycles. The molecule has 15 heavy (non-hydrogen) atoms. The Morgan fingerprint density at radius 2 is 1.73 bits per heavy atom. The first-order valence-electron chi connectivity index (χ1n) is 5.66. The van der Waals surface area contributed by atoms with Crippen molar-refractivity contribution in [1.82, 2.24) is 4.90 Å². The number of hydrogen-bond donors (Lipinski definition) is 0. The summed E-state index contributed by atoms with van der Waals surface area (Å²) < 4.78 is 0. The minimum absolute atomic E-state index is 0.292. The third-order valence-electron chi connectivity index (χ3n) is 2.39. The zero-order chi connectivity index (χ0) is 11.8. The Morgan fingerprint density at radius 1 is 1.20 bits per heavy atom. The molecule has 0 aliphatic carbocycles. The van der Waals surface area contributed by atoms with Gasteiger partial charge in [-0.05, 0) is 34.6 Å². The summed E-state index contributed by atoms with van der Waals surface area (Å²) >= 11 is 0. The van der Waals surface area contributed by atoms with Crippen LogP contribution in [-0.2, 0) is 4.79 Å². The molecular weight excluding hydrogens is 186 g/mol. The molecule has 2 heteroatoms. The van der Waals surface area contributed by atoms with E-state index in [0.29, 0.717) is 37.3 Å². The molecule has 2 nitrogen and oxygen atoms in total. The predicted octanol–water partition coefficient (Wildman–Crippen LogP) is 2.48. The van der Waals surface area contributed by atoms with Crippen LogP contribution in [0.5, 0.6) is 0 Å². The van der Waals surface area contributed by atoms with Crippen LogP contribution >= 0.6 is 0 Å². The molecule has 0 spiro atoms. The lowest BCUT2D eigenvalue weighted by Gasteiger charge is -2.29. The molecule has 0 saturated heterocycles. The van der Waals surface area contributed by atoms with Crippen molar-refractivity contribution in [1.29, 1.82) is 0 Å². The zero-order valence-electron chi connectivity index (χ0n) is 10.6. The maximum atomic E-state index is 11.6. The van der Waals surface area contributed by atoms with Gasteiger partial charge in [-0.1, -0.05) is 0 Å². The number of rotatable bonds is 6. The zero-order valence-corrected chi connectivity index (χ0v) is 10.6. The lowest BCUT2D eigenvalue weighted by atomic mass is 10.1. The first kappa shape index (κ1) is 14.2. The second kappa shape index (κ2) is 7.48. The molecule has 0 N–H and O–H groups in total. The van der Waals surface area contributed by atoms with Crippen molar-refractivity contribution in [2.45, 2.75) is 59.5 Å². The summed E-state index contributed by atoms with van der Waals surface area (Å²) in [7, 11) is 0. The minimum atomic E-state index is 0.292. The van der Waals surface area contributed by atoms with Crippen molar-refractivity contribution < 1.29 is 4.79 Å². The van der Waals surface area contributed by atoms with Gasteiger partial charge >= 0.3 is 0 Å². The number of carbonyl (C=O) groups is 1. The number of carbonyl (C=O) groups excluding carboxylic acids is 1. The van der Waals surface area contributed by atoms with Crippen LogP contribution in [0.2, 0.25) is 0 Å². The maximum Gasteiger partial charge on any atom is 0.147 e. The first-order chi connectivity index (χ1) is 6.99. The van der Waals surface area contributed by atoms with Crippen molar-refractivity contribution in [2.24, 2.45) is 0 Å². The van der Waals surface area contributed by atoms with E-state index in [1.807, 2.05) is 0 Å². The average molecular weight is 209 g/mol. The van der Waals surface area contributed by atoms with E-state index in [9.17, 15) is 4.79 Å². The van der Waals surface area contributed by atoms with Crippen LogP contribution in [0.1, 0.15) is 47.5 Å². The van der Waals surface area contributed by atoms with Gasteiger partial charge in [0.1, 0.15) is 5.78 Å². The normalized spacial score (nSPS) is 10.7. The smallest absolute Gasteiger partial charge is 0.147 e. The molecule has 0 atom stereocenters. The molecule has 0 fully saturated rings. The molecule has 86 valence electrons. The van der Waals surface area contributed by atoms with Gasteiger partial charge in [0.05, 0.1) is 6.54 Å². The van der Waals surface area contributed by atoms with Gasteiger partial charge < -0.3 is 0 Å². The molecule has 0 aromatic rings. The molecule has 0 unspecified atom stereocenters. The predicted molar refractivity (Wildman–Crippen MR) is 64.7 cm³/mol. The minimum Gasteiger partial charge on any atom is -0.298 e. The number of hydrogen-bond acceptors (Lipinski definition) is 2. The Balaban J connectivity index is 4.04. The van der Waals surface area contributed by atoms with Gasteiger partial charge in [0.15, 0.2) is 0 Å². The van der Waals surface area contributed by atoms with E-state index in [1.165, 1.54) is 0 Å². The summed E-state index contributed by atoms with van der Waals surface area (Å²) in [5.41, 5.74) is 0. The van der Waals surface area contributed by atoms with Crippen LogP contribution in [-0.4, -0.2) is 29.3 Å². The Labute approximate surface area is 94.0 Å². The van der Waals surface area contributed by atoms with E-state index in [2.05, 4.69) is 44.4 Å². The molecule has 0 saturated carbocycles. The molecule has 0 aromatic heterocycles. The van der Waals surface area contributed by atoms with Crippen LogP contribution in [0, 0.1) is 11.8 Å². The average Bonchev–Trinajstić information content (AvgIpc) is 2.13. The molecule has 0 heterocycles. The Morgan fingerprint density at radius 3 is 2.13 bits per heavy atom. The van der Waals surface area contributed by atoms with Crippen molar-refractivity contribution >= 4 is 5.78 Å². The lowest BCUT2D eigenvalue weighted by Crippen LogP contribution is -2.40. The molecule has 0 aliphatic heterocycles. The number of ketones is 1. The second-order valence-corrected chi connectivity index (χ2v) is 4.33. The van der Waals surface area contributed by atoms with Crippen molar-refractivity contribution in [3.63, 3.8) is 0 Å². The highest BCUT2D eigenvalue weighted by Crippen LogP contribution is 2.05. The van der Waals surface area contributed by atoms with Gasteiger partial charge in [0.2, 0.25) is 0 Å². The van der Waals surface area contributed by atoms with Gasteiger partial charge in [-0.3, -0.25) is 9.69 Å². The quantitative estimate of drug-likeness (QED) is 0.626. The second-order valence-electron chi connectivity index (χ2n) is 4.33. The maximum absolute atomic E-state index is 11.6. The molecule has 0 bridgehead atoms. The Bertz CT molecular complexity index is 237. The van der Waals surface area contributed by atoms with Crippen LogP contribution in [0.4, 0.5) is 0 Å². The lowest BCUT2D eigenvalue weighted by molar-refractivity contribution is -0.121.